The monoisotopic (exact) mass is 284 g/mol. The Kier molecular flexibility index (Phi) is 6.62. The second kappa shape index (κ2) is 7.99. The van der Waals surface area contributed by atoms with E-state index in [9.17, 15) is 4.79 Å². The number of nitrogens with zero attached hydrogens (tertiary/aromatic N) is 2. The van der Waals surface area contributed by atoms with Gasteiger partial charge in [-0.3, -0.25) is 0 Å². The van der Waals surface area contributed by atoms with Gasteiger partial charge in [0.15, 0.2) is 5.16 Å². The summed E-state index contributed by atoms with van der Waals surface area (Å²) in [5.41, 5.74) is 0. The van der Waals surface area contributed by atoms with Gasteiger partial charge in [0.2, 0.25) is 11.8 Å². The van der Waals surface area contributed by atoms with Crippen LogP contribution in [0.3, 0.4) is 0 Å². The summed E-state index contributed by atoms with van der Waals surface area (Å²) in [6, 6.07) is 1.61. The maximum Gasteiger partial charge on any atom is 0.220 e. The quantitative estimate of drug-likeness (QED) is 0.415. The number of aldehydes is 1. The fourth-order valence-electron chi connectivity index (χ4n) is 1.66. The highest BCUT2D eigenvalue weighted by molar-refractivity contribution is 8.00. The zero-order valence-corrected chi connectivity index (χ0v) is 12.6. The first-order valence-corrected chi connectivity index (χ1v) is 7.11. The van der Waals surface area contributed by atoms with Crippen molar-refractivity contribution in [2.75, 3.05) is 14.2 Å². The molecule has 2 unspecified atom stereocenters. The number of hydrogen-bond acceptors (Lipinski definition) is 6. The van der Waals surface area contributed by atoms with Crippen LogP contribution in [-0.4, -0.2) is 35.7 Å². The Balaban J connectivity index is 2.86. The number of carbonyl (C=O) groups excluding carboxylic acids is 1. The highest BCUT2D eigenvalue weighted by atomic mass is 32.2. The largest absolute Gasteiger partial charge is 0.481 e. The Morgan fingerprint density at radius 2 is 1.89 bits per heavy atom. The Bertz CT molecular complexity index is 393. The lowest BCUT2D eigenvalue weighted by Gasteiger charge is -2.16. The number of thioether (sulfide) groups is 1. The summed E-state index contributed by atoms with van der Waals surface area (Å²) in [6.45, 7) is 4.17. The van der Waals surface area contributed by atoms with Gasteiger partial charge in [0.25, 0.3) is 0 Å². The molecule has 6 heteroatoms. The molecule has 0 aliphatic rings. The molecule has 0 saturated heterocycles. The average Bonchev–Trinajstić information content (AvgIpc) is 2.44. The zero-order valence-electron chi connectivity index (χ0n) is 11.8. The molecule has 0 fully saturated rings. The Morgan fingerprint density at radius 3 is 2.32 bits per heavy atom. The Labute approximate surface area is 118 Å². The van der Waals surface area contributed by atoms with Crippen molar-refractivity contribution in [3.8, 4) is 11.8 Å². The third-order valence-electron chi connectivity index (χ3n) is 2.76. The highest BCUT2D eigenvalue weighted by Crippen LogP contribution is 2.29. The number of ether oxygens (including phenoxy) is 2. The van der Waals surface area contributed by atoms with Crippen molar-refractivity contribution in [2.45, 2.75) is 37.1 Å². The minimum absolute atomic E-state index is 0.156. The van der Waals surface area contributed by atoms with Crippen molar-refractivity contribution >= 4 is 18.0 Å². The molecule has 0 saturated carbocycles. The smallest absolute Gasteiger partial charge is 0.220 e. The minimum Gasteiger partial charge on any atom is -0.481 e. The van der Waals surface area contributed by atoms with Crippen molar-refractivity contribution in [2.24, 2.45) is 5.92 Å². The van der Waals surface area contributed by atoms with Crippen LogP contribution in [0.15, 0.2) is 11.2 Å². The predicted octanol–water partition coefficient (Wildman–Crippen LogP) is 2.59. The van der Waals surface area contributed by atoms with E-state index >= 15 is 0 Å². The molecule has 1 rings (SSSR count). The zero-order chi connectivity index (χ0) is 14.3. The van der Waals surface area contributed by atoms with E-state index in [-0.39, 0.29) is 11.2 Å². The fraction of sp³-hybridized carbons (Fsp3) is 0.615. The van der Waals surface area contributed by atoms with Gasteiger partial charge in [-0.1, -0.05) is 32.0 Å². The van der Waals surface area contributed by atoms with E-state index in [1.807, 2.05) is 0 Å². The van der Waals surface area contributed by atoms with Crippen molar-refractivity contribution < 1.29 is 14.3 Å². The molecule has 5 nitrogen and oxygen atoms in total. The molecule has 2 atom stereocenters. The van der Waals surface area contributed by atoms with E-state index < -0.39 is 0 Å². The van der Waals surface area contributed by atoms with Crippen LogP contribution in [0.2, 0.25) is 0 Å². The lowest BCUT2D eigenvalue weighted by molar-refractivity contribution is -0.108. The van der Waals surface area contributed by atoms with Crippen LogP contribution in [-0.2, 0) is 4.79 Å². The number of aromatic nitrogens is 2. The number of hydrogen-bond donors (Lipinski definition) is 0. The lowest BCUT2D eigenvalue weighted by Crippen LogP contribution is -2.16. The van der Waals surface area contributed by atoms with Crippen LogP contribution in [0.5, 0.6) is 11.8 Å². The van der Waals surface area contributed by atoms with Gasteiger partial charge < -0.3 is 14.3 Å². The molecule has 0 aliphatic carbocycles. The van der Waals surface area contributed by atoms with Crippen molar-refractivity contribution in [3.63, 3.8) is 0 Å². The van der Waals surface area contributed by atoms with E-state index in [1.54, 1.807) is 6.07 Å². The van der Waals surface area contributed by atoms with E-state index in [2.05, 4.69) is 23.8 Å². The molecule has 106 valence electrons. The second-order valence-electron chi connectivity index (χ2n) is 4.22. The van der Waals surface area contributed by atoms with Gasteiger partial charge in [-0.25, -0.2) is 0 Å². The molecule has 0 amide bonds. The summed E-state index contributed by atoms with van der Waals surface area (Å²) in [4.78, 5) is 19.6. The summed E-state index contributed by atoms with van der Waals surface area (Å²) in [5.74, 6) is 1.15. The molecule has 0 N–H and O–H groups in total. The molecule has 0 radical (unpaired) electrons. The molecule has 1 aromatic rings. The third kappa shape index (κ3) is 4.70. The summed E-state index contributed by atoms with van der Waals surface area (Å²) >= 11 is 1.35. The first-order chi connectivity index (χ1) is 9.14. The number of carbonyl (C=O) groups is 1. The maximum absolute atomic E-state index is 11.2. The van der Waals surface area contributed by atoms with Crippen LogP contribution in [0, 0.1) is 5.92 Å². The van der Waals surface area contributed by atoms with Crippen molar-refractivity contribution in [1.82, 2.24) is 9.97 Å². The summed E-state index contributed by atoms with van der Waals surface area (Å²) < 4.78 is 10.2. The van der Waals surface area contributed by atoms with Gasteiger partial charge in [-0.2, -0.15) is 9.97 Å². The van der Waals surface area contributed by atoms with Gasteiger partial charge in [-0.05, 0) is 12.3 Å². The van der Waals surface area contributed by atoms with Crippen LogP contribution in [0.4, 0.5) is 0 Å². The fourth-order valence-corrected chi connectivity index (χ4v) is 2.62. The minimum atomic E-state index is -0.156. The highest BCUT2D eigenvalue weighted by Gasteiger charge is 2.19. The lowest BCUT2D eigenvalue weighted by atomic mass is 10.0. The first kappa shape index (κ1) is 15.8. The predicted molar refractivity (Wildman–Crippen MR) is 74.9 cm³/mol. The van der Waals surface area contributed by atoms with Gasteiger partial charge >= 0.3 is 0 Å². The average molecular weight is 284 g/mol. The summed E-state index contributed by atoms with van der Waals surface area (Å²) in [7, 11) is 3.07. The first-order valence-electron chi connectivity index (χ1n) is 6.23. The van der Waals surface area contributed by atoms with Crippen LogP contribution >= 0.6 is 11.8 Å². The molecular weight excluding hydrogens is 264 g/mol. The Hall–Kier alpha value is -1.30. The molecule has 0 aliphatic heterocycles. The van der Waals surface area contributed by atoms with Crippen LogP contribution in [0.25, 0.3) is 0 Å². The maximum atomic E-state index is 11.2. The summed E-state index contributed by atoms with van der Waals surface area (Å²) in [6.07, 6.45) is 3.01. The molecular formula is C13H20N2O3S. The molecule has 0 spiro atoms. The number of methoxy groups -OCH3 is 2. The van der Waals surface area contributed by atoms with Gasteiger partial charge in [0.1, 0.15) is 6.29 Å². The third-order valence-corrected chi connectivity index (χ3v) is 4.00. The van der Waals surface area contributed by atoms with Crippen LogP contribution in [0.1, 0.15) is 26.7 Å². The van der Waals surface area contributed by atoms with E-state index in [4.69, 9.17) is 9.47 Å². The second-order valence-corrected chi connectivity index (χ2v) is 5.36. The van der Waals surface area contributed by atoms with Crippen molar-refractivity contribution in [1.29, 1.82) is 0 Å². The standard InChI is InChI=1S/C13H20N2O3S/c1-5-6-9(2)10(8-16)19-13-14-11(17-3)7-12(15-13)18-4/h7-10H,5-6H2,1-4H3. The number of rotatable bonds is 8. The molecule has 1 aromatic heterocycles. The normalized spacial score (nSPS) is 13.7. The van der Waals surface area contributed by atoms with Crippen LogP contribution < -0.4 is 9.47 Å². The SMILES string of the molecule is CCCC(C)C(C=O)Sc1nc(OC)cc(OC)n1. The molecule has 0 bridgehead atoms. The topological polar surface area (TPSA) is 61.3 Å². The molecule has 1 heterocycles. The van der Waals surface area contributed by atoms with E-state index in [0.29, 0.717) is 16.9 Å². The van der Waals surface area contributed by atoms with E-state index in [1.165, 1.54) is 26.0 Å². The van der Waals surface area contributed by atoms with E-state index in [0.717, 1.165) is 19.1 Å². The van der Waals surface area contributed by atoms with Gasteiger partial charge in [0.05, 0.1) is 25.5 Å². The summed E-state index contributed by atoms with van der Waals surface area (Å²) in [5, 5.41) is 0.341. The Morgan fingerprint density at radius 1 is 1.32 bits per heavy atom. The van der Waals surface area contributed by atoms with Gasteiger partial charge in [0, 0.05) is 0 Å². The van der Waals surface area contributed by atoms with Gasteiger partial charge in [-0.15, -0.1) is 0 Å². The molecule has 19 heavy (non-hydrogen) atoms. The molecule has 0 aromatic carbocycles. The van der Waals surface area contributed by atoms with Crippen molar-refractivity contribution in [3.05, 3.63) is 6.07 Å².